The van der Waals surface area contributed by atoms with Gasteiger partial charge in [-0.2, -0.15) is 0 Å². The Morgan fingerprint density at radius 2 is 2.00 bits per heavy atom. The highest BCUT2D eigenvalue weighted by Gasteiger charge is 2.12. The number of hydrogen-bond donors (Lipinski definition) is 1. The highest BCUT2D eigenvalue weighted by Crippen LogP contribution is 2.24. The smallest absolute Gasteiger partial charge is 0.306 e. The molecular weight excluding hydrogens is 293 g/mol. The van der Waals surface area contributed by atoms with Crippen molar-refractivity contribution in [2.24, 2.45) is 5.92 Å². The summed E-state index contributed by atoms with van der Waals surface area (Å²) >= 11 is 0. The zero-order chi connectivity index (χ0) is 16.4. The molecule has 0 aliphatic carbocycles. The van der Waals surface area contributed by atoms with Crippen LogP contribution < -0.4 is 0 Å². The van der Waals surface area contributed by atoms with E-state index in [1.165, 1.54) is 12.1 Å². The average molecular weight is 309 g/mol. The van der Waals surface area contributed by atoms with Crippen molar-refractivity contribution in [1.29, 1.82) is 0 Å². The van der Waals surface area contributed by atoms with Crippen molar-refractivity contribution in [2.75, 3.05) is 0 Å². The Kier molecular flexibility index (Phi) is 4.06. The van der Waals surface area contributed by atoms with E-state index in [4.69, 9.17) is 5.11 Å². The van der Waals surface area contributed by atoms with Gasteiger partial charge in [-0.3, -0.25) is 9.78 Å². The standard InChI is InChI=1S/C19H16FNO2/c1-12(19(22)23)7-13-5-6-18-15(8-13)9-16(11-21-18)14-3-2-4-17(20)10-14/h2-6,8-12H,7H2,1H3,(H,22,23). The molecule has 0 spiro atoms. The van der Waals surface area contributed by atoms with Crippen molar-refractivity contribution in [3.05, 3.63) is 66.1 Å². The van der Waals surface area contributed by atoms with E-state index in [-0.39, 0.29) is 5.82 Å². The van der Waals surface area contributed by atoms with Gasteiger partial charge < -0.3 is 5.11 Å². The van der Waals surface area contributed by atoms with Crippen molar-refractivity contribution in [1.82, 2.24) is 4.98 Å². The van der Waals surface area contributed by atoms with E-state index >= 15 is 0 Å². The second kappa shape index (κ2) is 6.16. The highest BCUT2D eigenvalue weighted by atomic mass is 19.1. The summed E-state index contributed by atoms with van der Waals surface area (Å²) in [5.74, 6) is -1.53. The summed E-state index contributed by atoms with van der Waals surface area (Å²) in [5, 5.41) is 9.95. The number of aliphatic carboxylic acids is 1. The molecule has 3 aromatic rings. The number of rotatable bonds is 4. The maximum absolute atomic E-state index is 13.4. The Hall–Kier alpha value is -2.75. The number of benzene rings is 2. The van der Waals surface area contributed by atoms with Crippen LogP contribution in [0.25, 0.3) is 22.0 Å². The topological polar surface area (TPSA) is 50.2 Å². The van der Waals surface area contributed by atoms with E-state index in [1.807, 2.05) is 30.3 Å². The molecule has 0 radical (unpaired) electrons. The Labute approximate surface area is 133 Å². The van der Waals surface area contributed by atoms with Crippen molar-refractivity contribution < 1.29 is 14.3 Å². The number of pyridine rings is 1. The summed E-state index contributed by atoms with van der Waals surface area (Å²) < 4.78 is 13.4. The third kappa shape index (κ3) is 3.37. The molecule has 0 amide bonds. The summed E-state index contributed by atoms with van der Waals surface area (Å²) in [7, 11) is 0. The molecular formula is C19H16FNO2. The summed E-state index contributed by atoms with van der Waals surface area (Å²) in [5.41, 5.74) is 3.38. The fourth-order valence-electron chi connectivity index (χ4n) is 2.57. The van der Waals surface area contributed by atoms with Gasteiger partial charge in [0, 0.05) is 17.1 Å². The van der Waals surface area contributed by atoms with Crippen LogP contribution in [0.2, 0.25) is 0 Å². The van der Waals surface area contributed by atoms with E-state index < -0.39 is 11.9 Å². The fourth-order valence-corrected chi connectivity index (χ4v) is 2.57. The first kappa shape index (κ1) is 15.2. The number of hydrogen-bond acceptors (Lipinski definition) is 2. The second-order valence-corrected chi connectivity index (χ2v) is 5.70. The monoisotopic (exact) mass is 309 g/mol. The van der Waals surface area contributed by atoms with E-state index in [1.54, 1.807) is 19.2 Å². The summed E-state index contributed by atoms with van der Waals surface area (Å²) in [6.45, 7) is 1.69. The van der Waals surface area contributed by atoms with E-state index in [9.17, 15) is 9.18 Å². The third-order valence-electron chi connectivity index (χ3n) is 3.87. The maximum Gasteiger partial charge on any atom is 0.306 e. The molecule has 1 N–H and O–H groups in total. The molecule has 1 unspecified atom stereocenters. The summed E-state index contributed by atoms with van der Waals surface area (Å²) in [4.78, 5) is 15.4. The number of nitrogens with zero attached hydrogens (tertiary/aromatic N) is 1. The van der Waals surface area contributed by atoms with Gasteiger partial charge in [-0.05, 0) is 47.9 Å². The Morgan fingerprint density at radius 1 is 1.17 bits per heavy atom. The lowest BCUT2D eigenvalue weighted by Gasteiger charge is -2.08. The summed E-state index contributed by atoms with van der Waals surface area (Å²) in [6, 6.07) is 14.1. The highest BCUT2D eigenvalue weighted by molar-refractivity contribution is 5.84. The number of fused-ring (bicyclic) bond motifs is 1. The van der Waals surface area contributed by atoms with E-state index in [2.05, 4.69) is 4.98 Å². The molecule has 1 heterocycles. The van der Waals surface area contributed by atoms with Crippen LogP contribution in [0.15, 0.2) is 54.7 Å². The van der Waals surface area contributed by atoms with Crippen LogP contribution >= 0.6 is 0 Å². The molecule has 0 fully saturated rings. The first-order valence-corrected chi connectivity index (χ1v) is 7.40. The molecule has 1 atom stereocenters. The van der Waals surface area contributed by atoms with E-state index in [0.29, 0.717) is 6.42 Å². The van der Waals surface area contributed by atoms with Gasteiger partial charge in [0.1, 0.15) is 5.82 Å². The Bertz CT molecular complexity index is 876. The van der Waals surface area contributed by atoms with Crippen molar-refractivity contribution in [2.45, 2.75) is 13.3 Å². The summed E-state index contributed by atoms with van der Waals surface area (Å²) in [6.07, 6.45) is 2.19. The second-order valence-electron chi connectivity index (χ2n) is 5.70. The van der Waals surface area contributed by atoms with Gasteiger partial charge in [0.25, 0.3) is 0 Å². The number of aromatic nitrogens is 1. The molecule has 0 saturated carbocycles. The lowest BCUT2D eigenvalue weighted by molar-refractivity contribution is -0.141. The lowest BCUT2D eigenvalue weighted by Crippen LogP contribution is -2.12. The van der Waals surface area contributed by atoms with Gasteiger partial charge in [0.2, 0.25) is 0 Å². The minimum Gasteiger partial charge on any atom is -0.481 e. The Balaban J connectivity index is 1.99. The van der Waals surface area contributed by atoms with Crippen LogP contribution in [-0.4, -0.2) is 16.1 Å². The average Bonchev–Trinajstić information content (AvgIpc) is 2.54. The van der Waals surface area contributed by atoms with E-state index in [0.717, 1.165) is 27.6 Å². The number of carboxylic acid groups (broad SMARTS) is 1. The minimum atomic E-state index is -0.809. The van der Waals surface area contributed by atoms with Gasteiger partial charge in [-0.25, -0.2) is 4.39 Å². The number of carbonyl (C=O) groups is 1. The minimum absolute atomic E-state index is 0.286. The molecule has 0 aliphatic rings. The van der Waals surface area contributed by atoms with Crippen LogP contribution in [0.3, 0.4) is 0 Å². The number of halogens is 1. The molecule has 1 aromatic heterocycles. The van der Waals surface area contributed by atoms with Crippen molar-refractivity contribution in [3.8, 4) is 11.1 Å². The van der Waals surface area contributed by atoms with Crippen LogP contribution in [0.5, 0.6) is 0 Å². The van der Waals surface area contributed by atoms with Crippen LogP contribution in [0.1, 0.15) is 12.5 Å². The van der Waals surface area contributed by atoms with Gasteiger partial charge in [0.05, 0.1) is 11.4 Å². The molecule has 3 rings (SSSR count). The SMILES string of the molecule is CC(Cc1ccc2ncc(-c3cccc(F)c3)cc2c1)C(=O)O. The molecule has 4 heteroatoms. The zero-order valence-electron chi connectivity index (χ0n) is 12.7. The predicted octanol–water partition coefficient (Wildman–Crippen LogP) is 4.30. The zero-order valence-corrected chi connectivity index (χ0v) is 12.7. The molecule has 23 heavy (non-hydrogen) atoms. The first-order valence-electron chi connectivity index (χ1n) is 7.40. The largest absolute Gasteiger partial charge is 0.481 e. The molecule has 0 saturated heterocycles. The molecule has 2 aromatic carbocycles. The van der Waals surface area contributed by atoms with Gasteiger partial charge in [0.15, 0.2) is 0 Å². The van der Waals surface area contributed by atoms with Crippen LogP contribution in [0, 0.1) is 11.7 Å². The Morgan fingerprint density at radius 3 is 2.74 bits per heavy atom. The maximum atomic E-state index is 13.4. The lowest BCUT2D eigenvalue weighted by atomic mass is 9.98. The third-order valence-corrected chi connectivity index (χ3v) is 3.87. The molecule has 116 valence electrons. The first-order chi connectivity index (χ1) is 11.0. The predicted molar refractivity (Wildman–Crippen MR) is 87.6 cm³/mol. The number of carboxylic acids is 1. The van der Waals surface area contributed by atoms with Crippen molar-refractivity contribution >= 4 is 16.9 Å². The van der Waals surface area contributed by atoms with Crippen molar-refractivity contribution in [3.63, 3.8) is 0 Å². The molecule has 0 bridgehead atoms. The normalized spacial score (nSPS) is 12.3. The van der Waals surface area contributed by atoms with Crippen LogP contribution in [-0.2, 0) is 11.2 Å². The van der Waals surface area contributed by atoms with Crippen LogP contribution in [0.4, 0.5) is 4.39 Å². The van der Waals surface area contributed by atoms with Gasteiger partial charge >= 0.3 is 5.97 Å². The van der Waals surface area contributed by atoms with Gasteiger partial charge in [-0.15, -0.1) is 0 Å². The quantitative estimate of drug-likeness (QED) is 0.781. The molecule has 0 aliphatic heterocycles. The molecule has 3 nitrogen and oxygen atoms in total. The fraction of sp³-hybridized carbons (Fsp3) is 0.158. The van der Waals surface area contributed by atoms with Gasteiger partial charge in [-0.1, -0.05) is 25.1 Å².